The van der Waals surface area contributed by atoms with Crippen molar-refractivity contribution in [3.63, 3.8) is 0 Å². The molecule has 1 aromatic heterocycles. The van der Waals surface area contributed by atoms with Gasteiger partial charge in [0.15, 0.2) is 0 Å². The van der Waals surface area contributed by atoms with Crippen LogP contribution in [0.1, 0.15) is 49.3 Å². The molecule has 1 heterocycles. The number of hydrogen-bond acceptors (Lipinski definition) is 5. The molecule has 0 spiro atoms. The molecule has 0 aliphatic rings. The van der Waals surface area contributed by atoms with E-state index in [1.54, 1.807) is 11.6 Å². The summed E-state index contributed by atoms with van der Waals surface area (Å²) in [4.78, 5) is 37.7. The lowest BCUT2D eigenvalue weighted by atomic mass is 9.92. The van der Waals surface area contributed by atoms with Gasteiger partial charge in [-0.15, -0.1) is 0 Å². The molecule has 0 bridgehead atoms. The zero-order valence-corrected chi connectivity index (χ0v) is 20.0. The van der Waals surface area contributed by atoms with Crippen LogP contribution in [0.15, 0.2) is 54.6 Å². The molecular formula is C25H29N5O4. The molecule has 178 valence electrons. The molecule has 0 saturated carbocycles. The average molecular weight is 464 g/mol. The molecule has 0 unspecified atom stereocenters. The number of non-ortho nitro benzene ring substituents is 1. The second kappa shape index (κ2) is 9.86. The standard InChI is InChI=1S/C25H29N5O4/c1-6-28(24(32)18-10-8-12-20(14-18)30(33)34)16-23(31)26-22-15-21(25(3,4)5)27-29(22)19-11-7-9-17(2)13-19/h7-15H,6,16H2,1-5H3,(H,26,31). The summed E-state index contributed by atoms with van der Waals surface area (Å²) in [6.07, 6.45) is 0. The molecule has 0 aliphatic heterocycles. The van der Waals surface area contributed by atoms with E-state index in [4.69, 9.17) is 5.10 Å². The van der Waals surface area contributed by atoms with E-state index in [2.05, 4.69) is 5.32 Å². The van der Waals surface area contributed by atoms with Crippen LogP contribution < -0.4 is 5.32 Å². The minimum atomic E-state index is -0.557. The van der Waals surface area contributed by atoms with Crippen molar-refractivity contribution in [3.05, 3.63) is 81.5 Å². The number of aromatic nitrogens is 2. The number of nitrogens with zero attached hydrogens (tertiary/aromatic N) is 4. The summed E-state index contributed by atoms with van der Waals surface area (Å²) in [5.41, 5.74) is 2.42. The Balaban J connectivity index is 1.84. The van der Waals surface area contributed by atoms with Crippen molar-refractivity contribution in [2.75, 3.05) is 18.4 Å². The van der Waals surface area contributed by atoms with Crippen molar-refractivity contribution < 1.29 is 14.5 Å². The van der Waals surface area contributed by atoms with Gasteiger partial charge in [0, 0.05) is 35.7 Å². The van der Waals surface area contributed by atoms with Crippen LogP contribution in [0, 0.1) is 17.0 Å². The first kappa shape index (κ1) is 24.6. The van der Waals surface area contributed by atoms with Crippen LogP contribution in [-0.4, -0.2) is 44.5 Å². The minimum absolute atomic E-state index is 0.156. The Morgan fingerprint density at radius 1 is 1.12 bits per heavy atom. The number of aryl methyl sites for hydroxylation is 1. The molecule has 3 aromatic rings. The number of nitrogens with one attached hydrogen (secondary N) is 1. The number of amides is 2. The second-order valence-corrected chi connectivity index (χ2v) is 9.09. The Morgan fingerprint density at radius 3 is 2.44 bits per heavy atom. The summed E-state index contributed by atoms with van der Waals surface area (Å²) in [5, 5.41) is 18.6. The first-order valence-corrected chi connectivity index (χ1v) is 11.0. The van der Waals surface area contributed by atoms with E-state index < -0.39 is 16.7 Å². The third-order valence-electron chi connectivity index (χ3n) is 5.30. The number of hydrogen-bond donors (Lipinski definition) is 1. The van der Waals surface area contributed by atoms with Crippen LogP contribution in [0.4, 0.5) is 11.5 Å². The third-order valence-corrected chi connectivity index (χ3v) is 5.30. The monoisotopic (exact) mass is 463 g/mol. The molecule has 0 radical (unpaired) electrons. The lowest BCUT2D eigenvalue weighted by Gasteiger charge is -2.20. The third kappa shape index (κ3) is 5.67. The number of carbonyl (C=O) groups is 2. The highest BCUT2D eigenvalue weighted by Gasteiger charge is 2.23. The van der Waals surface area contributed by atoms with Crippen molar-refractivity contribution in [2.24, 2.45) is 0 Å². The maximum atomic E-state index is 12.9. The van der Waals surface area contributed by atoms with Crippen LogP contribution in [0.2, 0.25) is 0 Å². The van der Waals surface area contributed by atoms with Gasteiger partial charge in [-0.05, 0) is 37.6 Å². The lowest BCUT2D eigenvalue weighted by Crippen LogP contribution is -2.38. The van der Waals surface area contributed by atoms with Gasteiger partial charge in [-0.1, -0.05) is 39.0 Å². The number of benzene rings is 2. The highest BCUT2D eigenvalue weighted by atomic mass is 16.6. The maximum Gasteiger partial charge on any atom is 0.270 e. The summed E-state index contributed by atoms with van der Waals surface area (Å²) in [7, 11) is 0. The van der Waals surface area contributed by atoms with Crippen LogP contribution >= 0.6 is 0 Å². The second-order valence-electron chi connectivity index (χ2n) is 9.09. The molecule has 2 amide bonds. The van der Waals surface area contributed by atoms with Gasteiger partial charge in [-0.2, -0.15) is 5.10 Å². The largest absolute Gasteiger partial charge is 0.330 e. The zero-order chi connectivity index (χ0) is 25.0. The summed E-state index contributed by atoms with van der Waals surface area (Å²) in [6, 6.07) is 15.1. The van der Waals surface area contributed by atoms with Gasteiger partial charge in [0.25, 0.3) is 11.6 Å². The SMILES string of the molecule is CCN(CC(=O)Nc1cc(C(C)(C)C)nn1-c1cccc(C)c1)C(=O)c1cccc([N+](=O)[O-])c1. The fourth-order valence-electron chi connectivity index (χ4n) is 3.41. The molecule has 9 nitrogen and oxygen atoms in total. The van der Waals surface area contributed by atoms with Crippen LogP contribution in [-0.2, 0) is 10.2 Å². The molecule has 3 rings (SSSR count). The Morgan fingerprint density at radius 2 is 1.82 bits per heavy atom. The molecule has 0 aliphatic carbocycles. The van der Waals surface area contributed by atoms with E-state index in [0.29, 0.717) is 5.82 Å². The molecule has 0 fully saturated rings. The summed E-state index contributed by atoms with van der Waals surface area (Å²) in [6.45, 7) is 9.90. The number of anilines is 1. The van der Waals surface area contributed by atoms with Crippen molar-refractivity contribution in [1.82, 2.24) is 14.7 Å². The number of carbonyl (C=O) groups excluding carboxylic acids is 2. The fourth-order valence-corrected chi connectivity index (χ4v) is 3.41. The predicted octanol–water partition coefficient (Wildman–Crippen LogP) is 4.49. The van der Waals surface area contributed by atoms with E-state index in [0.717, 1.165) is 16.9 Å². The molecule has 0 atom stereocenters. The van der Waals surface area contributed by atoms with Crippen molar-refractivity contribution >= 4 is 23.3 Å². The summed E-state index contributed by atoms with van der Waals surface area (Å²) >= 11 is 0. The summed E-state index contributed by atoms with van der Waals surface area (Å²) in [5.74, 6) is -0.349. The van der Waals surface area contributed by atoms with Crippen LogP contribution in [0.25, 0.3) is 5.69 Å². The average Bonchev–Trinajstić information content (AvgIpc) is 3.21. The van der Waals surface area contributed by atoms with E-state index in [9.17, 15) is 19.7 Å². The predicted molar refractivity (Wildman–Crippen MR) is 130 cm³/mol. The Bertz CT molecular complexity index is 1230. The van der Waals surface area contributed by atoms with Gasteiger partial charge in [0.2, 0.25) is 5.91 Å². The van der Waals surface area contributed by atoms with E-state index in [1.807, 2.05) is 58.0 Å². The quantitative estimate of drug-likeness (QED) is 0.410. The highest BCUT2D eigenvalue weighted by molar-refractivity contribution is 5.99. The van der Waals surface area contributed by atoms with Crippen LogP contribution in [0.3, 0.4) is 0 Å². The molecule has 2 aromatic carbocycles. The summed E-state index contributed by atoms with van der Waals surface area (Å²) < 4.78 is 1.68. The Labute approximate surface area is 198 Å². The van der Waals surface area contributed by atoms with E-state index in [-0.39, 0.29) is 29.8 Å². The topological polar surface area (TPSA) is 110 Å². The normalized spacial score (nSPS) is 11.2. The van der Waals surface area contributed by atoms with E-state index >= 15 is 0 Å². The smallest absolute Gasteiger partial charge is 0.270 e. The first-order chi connectivity index (χ1) is 16.0. The van der Waals surface area contributed by atoms with E-state index in [1.165, 1.54) is 29.2 Å². The molecule has 34 heavy (non-hydrogen) atoms. The molecular weight excluding hydrogens is 434 g/mol. The minimum Gasteiger partial charge on any atom is -0.330 e. The van der Waals surface area contributed by atoms with Gasteiger partial charge in [-0.25, -0.2) is 4.68 Å². The van der Waals surface area contributed by atoms with Gasteiger partial charge in [-0.3, -0.25) is 19.7 Å². The Kier molecular flexibility index (Phi) is 7.14. The van der Waals surface area contributed by atoms with Gasteiger partial charge < -0.3 is 10.2 Å². The van der Waals surface area contributed by atoms with Gasteiger partial charge in [0.1, 0.15) is 12.4 Å². The fraction of sp³-hybridized carbons (Fsp3) is 0.320. The number of likely N-dealkylation sites (N-methyl/N-ethyl adjacent to an activating group) is 1. The lowest BCUT2D eigenvalue weighted by molar-refractivity contribution is -0.384. The molecule has 1 N–H and O–H groups in total. The van der Waals surface area contributed by atoms with Crippen molar-refractivity contribution in [3.8, 4) is 5.69 Å². The van der Waals surface area contributed by atoms with Crippen molar-refractivity contribution in [1.29, 1.82) is 0 Å². The highest BCUT2D eigenvalue weighted by Crippen LogP contribution is 2.26. The van der Waals surface area contributed by atoms with Crippen LogP contribution in [0.5, 0.6) is 0 Å². The first-order valence-electron chi connectivity index (χ1n) is 11.0. The van der Waals surface area contributed by atoms with Crippen molar-refractivity contribution in [2.45, 2.75) is 40.0 Å². The van der Waals surface area contributed by atoms with Gasteiger partial charge in [0.05, 0.1) is 16.3 Å². The molecule has 9 heteroatoms. The number of nitro groups is 1. The number of rotatable bonds is 7. The number of nitro benzene ring substituents is 1. The Hall–Kier alpha value is -4.01. The maximum absolute atomic E-state index is 12.9. The van der Waals surface area contributed by atoms with Gasteiger partial charge >= 0.3 is 0 Å². The molecule has 0 saturated heterocycles. The zero-order valence-electron chi connectivity index (χ0n) is 20.0.